The number of halogens is 3. The summed E-state index contributed by atoms with van der Waals surface area (Å²) in [7, 11) is -4.27. The van der Waals surface area contributed by atoms with E-state index in [1.165, 1.54) is 25.1 Å². The van der Waals surface area contributed by atoms with Crippen LogP contribution >= 0.6 is 11.6 Å². The number of hydrogen-bond acceptors (Lipinski definition) is 3. The first-order valence-electron chi connectivity index (χ1n) is 6.24. The zero-order valence-corrected chi connectivity index (χ0v) is 13.3. The van der Waals surface area contributed by atoms with Gasteiger partial charge >= 0.3 is 0 Å². The van der Waals surface area contributed by atoms with Crippen LogP contribution in [0.1, 0.15) is 6.92 Å². The van der Waals surface area contributed by atoms with Crippen LogP contribution in [0.5, 0.6) is 0 Å². The highest BCUT2D eigenvalue weighted by Gasteiger charge is 2.20. The number of amides is 1. The maximum absolute atomic E-state index is 13.6. The number of hydrogen-bond donors (Lipinski definition) is 2. The average Bonchev–Trinajstić information content (AvgIpc) is 2.41. The Balaban J connectivity index is 2.35. The highest BCUT2D eigenvalue weighted by molar-refractivity contribution is 7.92. The molecule has 2 aromatic carbocycles. The van der Waals surface area contributed by atoms with Crippen LogP contribution in [0.15, 0.2) is 41.3 Å². The van der Waals surface area contributed by atoms with Gasteiger partial charge in [0.15, 0.2) is 0 Å². The summed E-state index contributed by atoms with van der Waals surface area (Å²) in [5, 5.41) is 2.63. The van der Waals surface area contributed by atoms with Crippen molar-refractivity contribution in [3.05, 3.63) is 53.1 Å². The van der Waals surface area contributed by atoms with E-state index in [-0.39, 0.29) is 16.4 Å². The SMILES string of the molecule is CC(=O)Nc1cc(NS(=O)(=O)c2ccc(F)cc2F)ccc1Cl. The van der Waals surface area contributed by atoms with E-state index in [4.69, 9.17) is 11.6 Å². The lowest BCUT2D eigenvalue weighted by molar-refractivity contribution is -0.114. The molecule has 0 heterocycles. The van der Waals surface area contributed by atoms with Gasteiger partial charge in [0, 0.05) is 13.0 Å². The second-order valence-corrected chi connectivity index (χ2v) is 6.61. The molecule has 0 aromatic heterocycles. The van der Waals surface area contributed by atoms with Crippen molar-refractivity contribution in [1.29, 1.82) is 0 Å². The minimum atomic E-state index is -4.27. The Kier molecular flexibility index (Phi) is 4.86. The van der Waals surface area contributed by atoms with Crippen LogP contribution in [0.3, 0.4) is 0 Å². The molecule has 0 saturated heterocycles. The van der Waals surface area contributed by atoms with Crippen LogP contribution in [-0.4, -0.2) is 14.3 Å². The lowest BCUT2D eigenvalue weighted by Gasteiger charge is -2.11. The minimum absolute atomic E-state index is 0.0573. The van der Waals surface area contributed by atoms with Gasteiger partial charge in [-0.1, -0.05) is 11.6 Å². The van der Waals surface area contributed by atoms with Gasteiger partial charge in [0.2, 0.25) is 5.91 Å². The third-order valence-electron chi connectivity index (χ3n) is 2.71. The summed E-state index contributed by atoms with van der Waals surface area (Å²) in [6.07, 6.45) is 0. The van der Waals surface area contributed by atoms with Crippen LogP contribution in [0.2, 0.25) is 5.02 Å². The summed E-state index contributed by atoms with van der Waals surface area (Å²) in [5.74, 6) is -2.49. The van der Waals surface area contributed by atoms with E-state index in [0.717, 1.165) is 12.1 Å². The zero-order chi connectivity index (χ0) is 17.2. The molecule has 0 radical (unpaired) electrons. The molecule has 2 N–H and O–H groups in total. The number of carbonyl (C=O) groups excluding carboxylic acids is 1. The molecule has 23 heavy (non-hydrogen) atoms. The summed E-state index contributed by atoms with van der Waals surface area (Å²) in [5.41, 5.74) is 0.251. The van der Waals surface area contributed by atoms with Gasteiger partial charge in [-0.3, -0.25) is 9.52 Å². The van der Waals surface area contributed by atoms with Gasteiger partial charge in [-0.25, -0.2) is 17.2 Å². The molecule has 0 unspecified atom stereocenters. The molecular formula is C14H11ClF2N2O3S. The van der Waals surface area contributed by atoms with Crippen molar-refractivity contribution >= 4 is 38.9 Å². The molecule has 0 aliphatic rings. The van der Waals surface area contributed by atoms with Crippen LogP contribution in [0.4, 0.5) is 20.2 Å². The molecule has 0 bridgehead atoms. The predicted octanol–water partition coefficient (Wildman–Crippen LogP) is 3.38. The number of sulfonamides is 1. The molecule has 0 saturated carbocycles. The summed E-state index contributed by atoms with van der Waals surface area (Å²) in [6, 6.07) is 6.11. The summed E-state index contributed by atoms with van der Waals surface area (Å²) in [6.45, 7) is 1.26. The van der Waals surface area contributed by atoms with Gasteiger partial charge in [0.05, 0.1) is 16.4 Å². The molecule has 2 rings (SSSR count). The van der Waals surface area contributed by atoms with Crippen LogP contribution in [0, 0.1) is 11.6 Å². The largest absolute Gasteiger partial charge is 0.325 e. The summed E-state index contributed by atoms with van der Waals surface area (Å²) < 4.78 is 53.0. The summed E-state index contributed by atoms with van der Waals surface area (Å²) in [4.78, 5) is 10.4. The maximum atomic E-state index is 13.6. The summed E-state index contributed by atoms with van der Waals surface area (Å²) >= 11 is 5.88. The number of benzene rings is 2. The number of anilines is 2. The van der Waals surface area contributed by atoms with E-state index in [1.807, 2.05) is 0 Å². The molecule has 0 fully saturated rings. The van der Waals surface area contributed by atoms with Crippen molar-refractivity contribution in [3.8, 4) is 0 Å². The molecule has 0 spiro atoms. The molecular weight excluding hydrogens is 350 g/mol. The first-order chi connectivity index (χ1) is 10.7. The molecule has 5 nitrogen and oxygen atoms in total. The second kappa shape index (κ2) is 6.51. The lowest BCUT2D eigenvalue weighted by Crippen LogP contribution is -2.15. The monoisotopic (exact) mass is 360 g/mol. The van der Waals surface area contributed by atoms with Crippen LogP contribution in [0.25, 0.3) is 0 Å². The molecule has 9 heteroatoms. The molecule has 2 aromatic rings. The molecule has 0 aliphatic heterocycles. The van der Waals surface area contributed by atoms with Crippen molar-refractivity contribution in [2.24, 2.45) is 0 Å². The Morgan fingerprint density at radius 3 is 2.43 bits per heavy atom. The third-order valence-corrected chi connectivity index (χ3v) is 4.46. The fourth-order valence-corrected chi connectivity index (χ4v) is 3.05. The Hall–Kier alpha value is -2.19. The van der Waals surface area contributed by atoms with Crippen molar-refractivity contribution in [2.75, 3.05) is 10.0 Å². The second-order valence-electron chi connectivity index (χ2n) is 4.56. The van der Waals surface area contributed by atoms with E-state index >= 15 is 0 Å². The standard InChI is InChI=1S/C14H11ClF2N2O3S/c1-8(20)18-13-7-10(3-4-11(13)15)19-23(21,22)14-5-2-9(16)6-12(14)17/h2-7,19H,1H3,(H,18,20). The van der Waals surface area contributed by atoms with Crippen LogP contribution < -0.4 is 10.0 Å². The Labute approximate surface area is 136 Å². The highest BCUT2D eigenvalue weighted by atomic mass is 35.5. The highest BCUT2D eigenvalue weighted by Crippen LogP contribution is 2.27. The van der Waals surface area contributed by atoms with Crippen LogP contribution in [-0.2, 0) is 14.8 Å². The van der Waals surface area contributed by atoms with Crippen molar-refractivity contribution in [2.45, 2.75) is 11.8 Å². The van der Waals surface area contributed by atoms with E-state index in [1.54, 1.807) is 0 Å². The fourth-order valence-electron chi connectivity index (χ4n) is 1.78. The van der Waals surface area contributed by atoms with Gasteiger partial charge in [-0.15, -0.1) is 0 Å². The Bertz CT molecular complexity index is 872. The van der Waals surface area contributed by atoms with E-state index in [9.17, 15) is 22.0 Å². The van der Waals surface area contributed by atoms with Crippen molar-refractivity contribution in [3.63, 3.8) is 0 Å². The van der Waals surface area contributed by atoms with Gasteiger partial charge in [0.1, 0.15) is 16.5 Å². The third kappa shape index (κ3) is 4.17. The number of carbonyl (C=O) groups is 1. The van der Waals surface area contributed by atoms with Gasteiger partial charge < -0.3 is 5.32 Å². The quantitative estimate of drug-likeness (QED) is 0.877. The van der Waals surface area contributed by atoms with E-state index < -0.39 is 32.5 Å². The topological polar surface area (TPSA) is 75.3 Å². The Morgan fingerprint density at radius 1 is 1.13 bits per heavy atom. The average molecular weight is 361 g/mol. The van der Waals surface area contributed by atoms with Gasteiger partial charge in [-0.05, 0) is 30.3 Å². The van der Waals surface area contributed by atoms with E-state index in [2.05, 4.69) is 10.0 Å². The van der Waals surface area contributed by atoms with Gasteiger partial charge in [0.25, 0.3) is 10.0 Å². The molecule has 122 valence electrons. The number of rotatable bonds is 4. The number of nitrogens with one attached hydrogen (secondary N) is 2. The maximum Gasteiger partial charge on any atom is 0.264 e. The van der Waals surface area contributed by atoms with Crippen molar-refractivity contribution < 1.29 is 22.0 Å². The predicted molar refractivity (Wildman–Crippen MR) is 82.9 cm³/mol. The fraction of sp³-hybridized carbons (Fsp3) is 0.0714. The first kappa shape index (κ1) is 17.2. The van der Waals surface area contributed by atoms with Crippen molar-refractivity contribution in [1.82, 2.24) is 0 Å². The minimum Gasteiger partial charge on any atom is -0.325 e. The molecule has 0 aliphatic carbocycles. The zero-order valence-electron chi connectivity index (χ0n) is 11.7. The van der Waals surface area contributed by atoms with E-state index in [0.29, 0.717) is 6.07 Å². The first-order valence-corrected chi connectivity index (χ1v) is 8.10. The normalized spacial score (nSPS) is 11.1. The van der Waals surface area contributed by atoms with Gasteiger partial charge in [-0.2, -0.15) is 0 Å². The smallest absolute Gasteiger partial charge is 0.264 e. The molecule has 0 atom stereocenters. The lowest BCUT2D eigenvalue weighted by atomic mass is 10.3. The Morgan fingerprint density at radius 2 is 1.83 bits per heavy atom. The molecule has 1 amide bonds.